The number of carbonyl (C=O) groups excluding carboxylic acids is 1. The van der Waals surface area contributed by atoms with Crippen molar-refractivity contribution in [1.29, 1.82) is 0 Å². The monoisotopic (exact) mass is 344 g/mol. The van der Waals surface area contributed by atoms with Crippen molar-refractivity contribution in [2.75, 3.05) is 25.5 Å². The highest BCUT2D eigenvalue weighted by Crippen LogP contribution is 2.23. The third-order valence-electron chi connectivity index (χ3n) is 4.68. The first kappa shape index (κ1) is 17.6. The summed E-state index contributed by atoms with van der Waals surface area (Å²) >= 11 is 0. The molecule has 1 aliphatic rings. The van der Waals surface area contributed by atoms with Gasteiger partial charge in [-0.2, -0.15) is 0 Å². The smallest absolute Gasteiger partial charge is 0.239 e. The molecule has 1 aromatic carbocycles. The van der Waals surface area contributed by atoms with Crippen LogP contribution in [0.15, 0.2) is 35.0 Å². The average molecular weight is 344 g/mol. The fraction of sp³-hybridized carbons (Fsp3) is 0.500. The van der Waals surface area contributed by atoms with Gasteiger partial charge in [-0.3, -0.25) is 9.69 Å². The molecule has 2 aromatic rings. The molecule has 7 nitrogen and oxygen atoms in total. The van der Waals surface area contributed by atoms with Crippen LogP contribution >= 0.6 is 0 Å². The summed E-state index contributed by atoms with van der Waals surface area (Å²) in [6.45, 7) is 2.91. The highest BCUT2D eigenvalue weighted by Gasteiger charge is 2.32. The van der Waals surface area contributed by atoms with Crippen molar-refractivity contribution < 1.29 is 14.2 Å². The van der Waals surface area contributed by atoms with E-state index in [1.807, 2.05) is 18.2 Å². The SMILES string of the molecule is CO[C@H]1CCCN(CC(=O)Nc2nonc2C)[C@H]1Cc1ccccc1. The van der Waals surface area contributed by atoms with Crippen LogP contribution in [-0.4, -0.2) is 53.5 Å². The normalized spacial score (nSPS) is 21.2. The Balaban J connectivity index is 1.68. The van der Waals surface area contributed by atoms with E-state index in [0.717, 1.165) is 25.8 Å². The Morgan fingerprint density at radius 1 is 1.36 bits per heavy atom. The zero-order valence-corrected chi connectivity index (χ0v) is 14.6. The van der Waals surface area contributed by atoms with Gasteiger partial charge in [-0.05, 0) is 43.5 Å². The zero-order chi connectivity index (χ0) is 17.6. The maximum Gasteiger partial charge on any atom is 0.239 e. The molecule has 1 aromatic heterocycles. The van der Waals surface area contributed by atoms with E-state index in [2.05, 4.69) is 37.3 Å². The molecule has 2 heterocycles. The van der Waals surface area contributed by atoms with Gasteiger partial charge in [0.25, 0.3) is 0 Å². The highest BCUT2D eigenvalue weighted by atomic mass is 16.6. The van der Waals surface area contributed by atoms with Crippen LogP contribution in [0.5, 0.6) is 0 Å². The van der Waals surface area contributed by atoms with Crippen molar-refractivity contribution in [2.24, 2.45) is 0 Å². The van der Waals surface area contributed by atoms with Crippen molar-refractivity contribution in [1.82, 2.24) is 15.2 Å². The third-order valence-corrected chi connectivity index (χ3v) is 4.68. The third kappa shape index (κ3) is 4.43. The van der Waals surface area contributed by atoms with E-state index in [0.29, 0.717) is 18.1 Å². The van der Waals surface area contributed by atoms with Crippen LogP contribution in [-0.2, 0) is 16.0 Å². The first-order chi connectivity index (χ1) is 12.2. The van der Waals surface area contributed by atoms with Crippen LogP contribution in [0.25, 0.3) is 0 Å². The summed E-state index contributed by atoms with van der Waals surface area (Å²) < 4.78 is 10.3. The largest absolute Gasteiger partial charge is 0.380 e. The molecule has 25 heavy (non-hydrogen) atoms. The summed E-state index contributed by atoms with van der Waals surface area (Å²) in [4.78, 5) is 14.6. The summed E-state index contributed by atoms with van der Waals surface area (Å²) in [5.41, 5.74) is 1.82. The van der Waals surface area contributed by atoms with Crippen molar-refractivity contribution in [2.45, 2.75) is 38.3 Å². The number of piperidine rings is 1. The van der Waals surface area contributed by atoms with E-state index in [1.165, 1.54) is 5.56 Å². The van der Waals surface area contributed by atoms with Gasteiger partial charge in [-0.25, -0.2) is 4.63 Å². The maximum atomic E-state index is 12.4. The molecule has 0 bridgehead atoms. The first-order valence-electron chi connectivity index (χ1n) is 8.57. The lowest BCUT2D eigenvalue weighted by Gasteiger charge is -2.40. The molecule has 1 N–H and O–H groups in total. The average Bonchev–Trinajstić information content (AvgIpc) is 3.02. The van der Waals surface area contributed by atoms with Crippen LogP contribution in [0.3, 0.4) is 0 Å². The number of methoxy groups -OCH3 is 1. The fourth-order valence-corrected chi connectivity index (χ4v) is 3.38. The number of hydrogen-bond acceptors (Lipinski definition) is 6. The predicted molar refractivity (Wildman–Crippen MR) is 93.2 cm³/mol. The maximum absolute atomic E-state index is 12.4. The lowest BCUT2D eigenvalue weighted by Crippen LogP contribution is -2.52. The number of anilines is 1. The summed E-state index contributed by atoms with van der Waals surface area (Å²) in [5.74, 6) is 0.263. The summed E-state index contributed by atoms with van der Waals surface area (Å²) in [5, 5.41) is 10.1. The van der Waals surface area contributed by atoms with E-state index in [4.69, 9.17) is 4.74 Å². The minimum Gasteiger partial charge on any atom is -0.380 e. The first-order valence-corrected chi connectivity index (χ1v) is 8.57. The number of likely N-dealkylation sites (tertiary alicyclic amines) is 1. The topological polar surface area (TPSA) is 80.5 Å². The lowest BCUT2D eigenvalue weighted by molar-refractivity contribution is -0.119. The number of aromatic nitrogens is 2. The van der Waals surface area contributed by atoms with Gasteiger partial charge in [0.2, 0.25) is 5.91 Å². The zero-order valence-electron chi connectivity index (χ0n) is 14.6. The number of amides is 1. The Morgan fingerprint density at radius 2 is 2.16 bits per heavy atom. The second-order valence-electron chi connectivity index (χ2n) is 6.39. The van der Waals surface area contributed by atoms with Gasteiger partial charge in [0.15, 0.2) is 5.82 Å². The molecule has 0 spiro atoms. The van der Waals surface area contributed by atoms with E-state index >= 15 is 0 Å². The Labute approximate surface area is 147 Å². The number of hydrogen-bond donors (Lipinski definition) is 1. The molecule has 0 radical (unpaired) electrons. The molecule has 0 aliphatic carbocycles. The van der Waals surface area contributed by atoms with Crippen LogP contribution in [0.1, 0.15) is 24.1 Å². The molecule has 1 aliphatic heterocycles. The summed E-state index contributed by atoms with van der Waals surface area (Å²) in [6.07, 6.45) is 3.01. The lowest BCUT2D eigenvalue weighted by atomic mass is 9.92. The number of carbonyl (C=O) groups is 1. The Hall–Kier alpha value is -2.25. The molecule has 1 amide bonds. The molecule has 1 saturated heterocycles. The Morgan fingerprint density at radius 3 is 2.84 bits per heavy atom. The molecule has 3 rings (SSSR count). The molecule has 134 valence electrons. The van der Waals surface area contributed by atoms with Crippen LogP contribution in [0, 0.1) is 6.92 Å². The van der Waals surface area contributed by atoms with E-state index in [1.54, 1.807) is 14.0 Å². The molecule has 7 heteroatoms. The van der Waals surface area contributed by atoms with Gasteiger partial charge in [-0.1, -0.05) is 35.5 Å². The van der Waals surface area contributed by atoms with Gasteiger partial charge in [0.1, 0.15) is 5.69 Å². The van der Waals surface area contributed by atoms with Crippen molar-refractivity contribution in [3.8, 4) is 0 Å². The van der Waals surface area contributed by atoms with Gasteiger partial charge in [0, 0.05) is 13.2 Å². The molecular weight excluding hydrogens is 320 g/mol. The Bertz CT molecular complexity index is 689. The number of rotatable bonds is 6. The van der Waals surface area contributed by atoms with Crippen molar-refractivity contribution in [3.05, 3.63) is 41.6 Å². The van der Waals surface area contributed by atoms with Gasteiger partial charge < -0.3 is 10.1 Å². The van der Waals surface area contributed by atoms with E-state index in [-0.39, 0.29) is 18.1 Å². The number of nitrogens with zero attached hydrogens (tertiary/aromatic N) is 3. The number of benzene rings is 1. The Kier molecular flexibility index (Phi) is 5.78. The van der Waals surface area contributed by atoms with Gasteiger partial charge in [0.05, 0.1) is 12.6 Å². The van der Waals surface area contributed by atoms with Crippen molar-refractivity contribution >= 4 is 11.7 Å². The van der Waals surface area contributed by atoms with Gasteiger partial charge >= 0.3 is 0 Å². The number of nitrogens with one attached hydrogen (secondary N) is 1. The van der Waals surface area contributed by atoms with E-state index < -0.39 is 0 Å². The van der Waals surface area contributed by atoms with Gasteiger partial charge in [-0.15, -0.1) is 0 Å². The minimum atomic E-state index is -0.117. The highest BCUT2D eigenvalue weighted by molar-refractivity contribution is 5.91. The van der Waals surface area contributed by atoms with Crippen LogP contribution in [0.4, 0.5) is 5.82 Å². The van der Waals surface area contributed by atoms with Crippen LogP contribution < -0.4 is 5.32 Å². The second kappa shape index (κ2) is 8.22. The van der Waals surface area contributed by atoms with Crippen LogP contribution in [0.2, 0.25) is 0 Å². The number of aryl methyl sites for hydroxylation is 1. The fourth-order valence-electron chi connectivity index (χ4n) is 3.38. The molecule has 0 saturated carbocycles. The summed E-state index contributed by atoms with van der Waals surface area (Å²) in [7, 11) is 1.75. The standard InChI is InChI=1S/C18H24N4O3/c1-13-18(21-25-20-13)19-17(23)12-22-10-6-9-16(24-2)15(22)11-14-7-4-3-5-8-14/h3-5,7-8,15-16H,6,9-12H2,1-2H3,(H,19,21,23)/t15-,16-/m0/s1. The second-order valence-corrected chi connectivity index (χ2v) is 6.39. The molecule has 0 unspecified atom stereocenters. The molecular formula is C18H24N4O3. The summed E-state index contributed by atoms with van der Waals surface area (Å²) in [6, 6.07) is 10.5. The minimum absolute atomic E-state index is 0.117. The van der Waals surface area contributed by atoms with E-state index in [9.17, 15) is 4.79 Å². The number of ether oxygens (including phenoxy) is 1. The molecule has 1 fully saturated rings. The molecule has 2 atom stereocenters. The predicted octanol–water partition coefficient (Wildman–Crippen LogP) is 2.04. The quantitative estimate of drug-likeness (QED) is 0.864. The van der Waals surface area contributed by atoms with Crippen molar-refractivity contribution in [3.63, 3.8) is 0 Å².